The number of hydrogen-bond donors (Lipinski definition) is 0. The Morgan fingerprint density at radius 3 is 1.83 bits per heavy atom. The van der Waals surface area contributed by atoms with Crippen molar-refractivity contribution in [1.82, 2.24) is 0 Å². The van der Waals surface area contributed by atoms with E-state index >= 15 is 0 Å². The fourth-order valence-corrected chi connectivity index (χ4v) is 3.43. The summed E-state index contributed by atoms with van der Waals surface area (Å²) in [5, 5.41) is 0. The molecule has 1 saturated carbocycles. The average Bonchev–Trinajstić information content (AvgIpc) is 2.73. The summed E-state index contributed by atoms with van der Waals surface area (Å²) in [6.45, 7) is 4.50. The van der Waals surface area contributed by atoms with Gasteiger partial charge in [0.05, 0.1) is 0 Å². The lowest BCUT2D eigenvalue weighted by atomic mass is 9.76. The van der Waals surface area contributed by atoms with Crippen LogP contribution in [0.5, 0.6) is 0 Å². The molecule has 0 radical (unpaired) electrons. The minimum atomic E-state index is 0.113. The summed E-state index contributed by atoms with van der Waals surface area (Å²) in [6, 6.07) is 0. The van der Waals surface area contributed by atoms with E-state index in [1.165, 1.54) is 70.6 Å². The standard InChI is InChI=1S/C17H32O/c1-3-5-7-9-13-17(14-10-8-6-4-2)15-11-12-16(17)18/h3-15H2,1-2H3. The van der Waals surface area contributed by atoms with E-state index < -0.39 is 0 Å². The maximum atomic E-state index is 12.2. The van der Waals surface area contributed by atoms with Gasteiger partial charge in [0.25, 0.3) is 0 Å². The summed E-state index contributed by atoms with van der Waals surface area (Å²) in [7, 11) is 0. The van der Waals surface area contributed by atoms with Gasteiger partial charge in [-0.15, -0.1) is 0 Å². The highest BCUT2D eigenvalue weighted by atomic mass is 16.1. The summed E-state index contributed by atoms with van der Waals surface area (Å²) < 4.78 is 0. The molecule has 0 N–H and O–H groups in total. The highest BCUT2D eigenvalue weighted by molar-refractivity contribution is 5.86. The van der Waals surface area contributed by atoms with Crippen molar-refractivity contribution in [3.8, 4) is 0 Å². The van der Waals surface area contributed by atoms with Gasteiger partial charge >= 0.3 is 0 Å². The number of Topliss-reactive ketones (excluding diaryl/α,β-unsaturated/α-hetero) is 1. The summed E-state index contributed by atoms with van der Waals surface area (Å²) in [5.74, 6) is 0.593. The van der Waals surface area contributed by atoms with E-state index in [0.717, 1.165) is 12.8 Å². The van der Waals surface area contributed by atoms with E-state index in [9.17, 15) is 4.79 Å². The van der Waals surface area contributed by atoms with Crippen molar-refractivity contribution >= 4 is 5.78 Å². The number of carbonyl (C=O) groups is 1. The number of ketones is 1. The molecule has 106 valence electrons. The van der Waals surface area contributed by atoms with Gasteiger partial charge in [-0.2, -0.15) is 0 Å². The number of hydrogen-bond acceptors (Lipinski definition) is 1. The molecule has 0 bridgehead atoms. The third-order valence-electron chi connectivity index (χ3n) is 4.67. The van der Waals surface area contributed by atoms with Gasteiger partial charge in [0.1, 0.15) is 5.78 Å². The van der Waals surface area contributed by atoms with Crippen molar-refractivity contribution in [2.24, 2.45) is 5.41 Å². The maximum Gasteiger partial charge on any atom is 0.139 e. The first-order valence-corrected chi connectivity index (χ1v) is 8.28. The molecule has 0 aliphatic heterocycles. The summed E-state index contributed by atoms with van der Waals surface area (Å²) in [6.07, 6.45) is 16.0. The van der Waals surface area contributed by atoms with Crippen molar-refractivity contribution in [3.05, 3.63) is 0 Å². The highest BCUT2D eigenvalue weighted by Crippen LogP contribution is 2.43. The van der Waals surface area contributed by atoms with Crippen LogP contribution in [0.4, 0.5) is 0 Å². The molecular weight excluding hydrogens is 220 g/mol. The molecule has 0 unspecified atom stereocenters. The molecule has 1 fully saturated rings. The number of unbranched alkanes of at least 4 members (excludes halogenated alkanes) is 6. The molecule has 0 heterocycles. The monoisotopic (exact) mass is 252 g/mol. The molecule has 0 atom stereocenters. The Bertz CT molecular complexity index is 220. The lowest BCUT2D eigenvalue weighted by Crippen LogP contribution is -2.25. The van der Waals surface area contributed by atoms with Crippen LogP contribution in [0.1, 0.15) is 97.3 Å². The topological polar surface area (TPSA) is 17.1 Å². The third kappa shape index (κ3) is 4.74. The first-order valence-electron chi connectivity index (χ1n) is 8.28. The molecule has 0 amide bonds. The van der Waals surface area contributed by atoms with E-state index in [2.05, 4.69) is 13.8 Å². The van der Waals surface area contributed by atoms with Crippen LogP contribution in [0.25, 0.3) is 0 Å². The van der Waals surface area contributed by atoms with Gasteiger partial charge in [-0.25, -0.2) is 0 Å². The van der Waals surface area contributed by atoms with Gasteiger partial charge in [-0.3, -0.25) is 4.79 Å². The van der Waals surface area contributed by atoms with Crippen LogP contribution in [-0.2, 0) is 4.79 Å². The normalized spacial score (nSPS) is 18.4. The van der Waals surface area contributed by atoms with E-state index in [1.54, 1.807) is 0 Å². The van der Waals surface area contributed by atoms with Crippen molar-refractivity contribution in [2.75, 3.05) is 0 Å². The molecule has 18 heavy (non-hydrogen) atoms. The van der Waals surface area contributed by atoms with Gasteiger partial charge in [-0.05, 0) is 25.7 Å². The first-order chi connectivity index (χ1) is 8.75. The lowest BCUT2D eigenvalue weighted by Gasteiger charge is -2.27. The quantitative estimate of drug-likeness (QED) is 0.458. The number of carbonyl (C=O) groups excluding carboxylic acids is 1. The Morgan fingerprint density at radius 2 is 1.44 bits per heavy atom. The Balaban J connectivity index is 2.35. The zero-order chi connectivity index (χ0) is 13.3. The minimum absolute atomic E-state index is 0.113. The van der Waals surface area contributed by atoms with Gasteiger partial charge in [0.15, 0.2) is 0 Å². The predicted octanol–water partition coefficient (Wildman–Crippen LogP) is 5.67. The highest BCUT2D eigenvalue weighted by Gasteiger charge is 2.40. The Kier molecular flexibility index (Phi) is 7.62. The molecule has 0 saturated heterocycles. The summed E-state index contributed by atoms with van der Waals surface area (Å²) >= 11 is 0. The Hall–Kier alpha value is -0.330. The molecule has 1 nitrogen and oxygen atoms in total. The SMILES string of the molecule is CCCCCCC1(CCCCCC)CCCC1=O. The summed E-state index contributed by atoms with van der Waals surface area (Å²) in [5.41, 5.74) is 0.113. The minimum Gasteiger partial charge on any atom is -0.299 e. The van der Waals surface area contributed by atoms with Crippen molar-refractivity contribution in [2.45, 2.75) is 97.3 Å². The van der Waals surface area contributed by atoms with Crippen LogP contribution in [0.2, 0.25) is 0 Å². The van der Waals surface area contributed by atoms with Crippen LogP contribution < -0.4 is 0 Å². The summed E-state index contributed by atoms with van der Waals surface area (Å²) in [4.78, 5) is 12.2. The average molecular weight is 252 g/mol. The van der Waals surface area contributed by atoms with Crippen LogP contribution in [0.15, 0.2) is 0 Å². The van der Waals surface area contributed by atoms with E-state index in [1.807, 2.05) is 0 Å². The van der Waals surface area contributed by atoms with Crippen LogP contribution in [-0.4, -0.2) is 5.78 Å². The second-order valence-corrected chi connectivity index (χ2v) is 6.18. The molecular formula is C17H32O. The van der Waals surface area contributed by atoms with Gasteiger partial charge in [-0.1, -0.05) is 65.2 Å². The molecule has 1 aliphatic rings. The van der Waals surface area contributed by atoms with Gasteiger partial charge in [0.2, 0.25) is 0 Å². The fraction of sp³-hybridized carbons (Fsp3) is 0.941. The second-order valence-electron chi connectivity index (χ2n) is 6.18. The molecule has 0 spiro atoms. The maximum absolute atomic E-state index is 12.2. The van der Waals surface area contributed by atoms with Gasteiger partial charge in [0, 0.05) is 11.8 Å². The van der Waals surface area contributed by atoms with Crippen LogP contribution in [0, 0.1) is 5.41 Å². The first kappa shape index (κ1) is 15.7. The zero-order valence-corrected chi connectivity index (χ0v) is 12.6. The molecule has 1 aliphatic carbocycles. The lowest BCUT2D eigenvalue weighted by molar-refractivity contribution is -0.126. The van der Waals surface area contributed by atoms with Crippen molar-refractivity contribution in [1.29, 1.82) is 0 Å². The van der Waals surface area contributed by atoms with Crippen LogP contribution in [0.3, 0.4) is 0 Å². The largest absolute Gasteiger partial charge is 0.299 e. The van der Waals surface area contributed by atoms with E-state index in [-0.39, 0.29) is 5.41 Å². The zero-order valence-electron chi connectivity index (χ0n) is 12.6. The third-order valence-corrected chi connectivity index (χ3v) is 4.67. The van der Waals surface area contributed by atoms with E-state index in [4.69, 9.17) is 0 Å². The molecule has 0 aromatic carbocycles. The molecule has 0 aromatic heterocycles. The molecule has 0 aromatic rings. The van der Waals surface area contributed by atoms with Crippen LogP contribution >= 0.6 is 0 Å². The Morgan fingerprint density at radius 1 is 0.889 bits per heavy atom. The van der Waals surface area contributed by atoms with Gasteiger partial charge < -0.3 is 0 Å². The Labute approximate surface area is 114 Å². The smallest absolute Gasteiger partial charge is 0.139 e. The predicted molar refractivity (Wildman–Crippen MR) is 78.8 cm³/mol. The molecule has 1 rings (SSSR count). The van der Waals surface area contributed by atoms with Crippen molar-refractivity contribution in [3.63, 3.8) is 0 Å². The number of rotatable bonds is 10. The van der Waals surface area contributed by atoms with E-state index in [0.29, 0.717) is 5.78 Å². The molecule has 1 heteroatoms. The van der Waals surface area contributed by atoms with Crippen molar-refractivity contribution < 1.29 is 4.79 Å². The fourth-order valence-electron chi connectivity index (χ4n) is 3.43. The second kappa shape index (κ2) is 8.72.